The van der Waals surface area contributed by atoms with Crippen molar-refractivity contribution in [3.05, 3.63) is 21.3 Å². The van der Waals surface area contributed by atoms with Crippen molar-refractivity contribution in [1.82, 2.24) is 9.80 Å². The molecule has 0 spiro atoms. The van der Waals surface area contributed by atoms with Gasteiger partial charge < -0.3 is 0 Å². The Morgan fingerprint density at radius 3 is 2.37 bits per heavy atom. The number of hydrogen-bond acceptors (Lipinski definition) is 4. The zero-order valence-electron chi connectivity index (χ0n) is 10.6. The van der Waals surface area contributed by atoms with E-state index in [2.05, 4.69) is 0 Å². The molecule has 1 aliphatic rings. The number of carbonyl (C=O) groups excluding carboxylic acids is 3. The minimum absolute atomic E-state index is 0.0501. The molecule has 0 aliphatic carbocycles. The zero-order valence-corrected chi connectivity index (χ0v) is 12.1. The van der Waals surface area contributed by atoms with E-state index in [-0.39, 0.29) is 19.0 Å². The first kappa shape index (κ1) is 14.0. The monoisotopic (exact) mass is 300 g/mol. The molecule has 1 aromatic rings. The molecule has 1 aliphatic heterocycles. The topological polar surface area (TPSA) is 57.7 Å². The second-order valence-corrected chi connectivity index (χ2v) is 6.08. The molecule has 1 saturated heterocycles. The molecule has 5 nitrogen and oxygen atoms in total. The van der Waals surface area contributed by atoms with Crippen LogP contribution in [0.15, 0.2) is 11.4 Å². The number of thiophene rings is 1. The lowest BCUT2D eigenvalue weighted by Gasteiger charge is -2.16. The number of nitrogens with zero attached hydrogens (tertiary/aromatic N) is 2. The van der Waals surface area contributed by atoms with Gasteiger partial charge in [0, 0.05) is 11.4 Å². The van der Waals surface area contributed by atoms with Crippen molar-refractivity contribution in [2.45, 2.75) is 20.4 Å². The van der Waals surface area contributed by atoms with Gasteiger partial charge in [-0.3, -0.25) is 19.4 Å². The highest BCUT2D eigenvalue weighted by atomic mass is 35.5. The van der Waals surface area contributed by atoms with Crippen LogP contribution in [0.4, 0.5) is 4.79 Å². The van der Waals surface area contributed by atoms with Gasteiger partial charge in [-0.25, -0.2) is 4.79 Å². The molecule has 0 aromatic carbocycles. The van der Waals surface area contributed by atoms with E-state index in [1.54, 1.807) is 11.4 Å². The summed E-state index contributed by atoms with van der Waals surface area (Å²) in [6.07, 6.45) is 0. The average molecular weight is 301 g/mol. The fourth-order valence-electron chi connectivity index (χ4n) is 1.80. The smallest absolute Gasteiger partial charge is 0.263 e. The number of rotatable bonds is 4. The summed E-state index contributed by atoms with van der Waals surface area (Å²) in [5.41, 5.74) is 0. The van der Waals surface area contributed by atoms with E-state index in [1.807, 2.05) is 13.8 Å². The predicted molar refractivity (Wildman–Crippen MR) is 71.8 cm³/mol. The molecule has 2 rings (SSSR count). The highest BCUT2D eigenvalue weighted by Gasteiger charge is 2.44. The highest BCUT2D eigenvalue weighted by molar-refractivity contribution is 7.10. The maximum atomic E-state index is 12.1. The fourth-order valence-corrected chi connectivity index (χ4v) is 2.88. The molecule has 0 atom stereocenters. The number of amides is 4. The molecule has 19 heavy (non-hydrogen) atoms. The molecule has 1 aromatic heterocycles. The summed E-state index contributed by atoms with van der Waals surface area (Å²) in [5, 5.41) is 2.27. The highest BCUT2D eigenvalue weighted by Crippen LogP contribution is 2.26. The number of imide groups is 2. The van der Waals surface area contributed by atoms with Crippen LogP contribution < -0.4 is 0 Å². The maximum absolute atomic E-state index is 12.1. The van der Waals surface area contributed by atoms with Crippen LogP contribution in [0.25, 0.3) is 0 Å². The number of carbonyl (C=O) groups is 3. The minimum atomic E-state index is -0.782. The van der Waals surface area contributed by atoms with Crippen LogP contribution >= 0.6 is 22.9 Å². The van der Waals surface area contributed by atoms with Crippen molar-refractivity contribution in [3.63, 3.8) is 0 Å². The molecular formula is C12H13ClN2O3S. The number of halogens is 1. The maximum Gasteiger partial charge on any atom is 0.334 e. The fraction of sp³-hybridized carbons (Fsp3) is 0.417. The van der Waals surface area contributed by atoms with Crippen LogP contribution in [0.5, 0.6) is 0 Å². The summed E-state index contributed by atoms with van der Waals surface area (Å²) in [4.78, 5) is 38.3. The predicted octanol–water partition coefficient (Wildman–Crippen LogP) is 2.35. The van der Waals surface area contributed by atoms with Gasteiger partial charge in [-0.1, -0.05) is 25.4 Å². The quantitative estimate of drug-likeness (QED) is 0.633. The molecule has 102 valence electrons. The largest absolute Gasteiger partial charge is 0.334 e. The van der Waals surface area contributed by atoms with Gasteiger partial charge in [-0.15, -0.1) is 11.3 Å². The van der Waals surface area contributed by atoms with Crippen LogP contribution in [0, 0.1) is 5.92 Å². The first-order chi connectivity index (χ1) is 8.91. The van der Waals surface area contributed by atoms with Gasteiger partial charge in [0.2, 0.25) is 0 Å². The molecular weight excluding hydrogens is 288 g/mol. The number of urea groups is 1. The van der Waals surface area contributed by atoms with Gasteiger partial charge >= 0.3 is 17.8 Å². The summed E-state index contributed by atoms with van der Waals surface area (Å²) in [6, 6.07) is 1.13. The van der Waals surface area contributed by atoms with Gasteiger partial charge in [-0.2, -0.15) is 0 Å². The molecule has 0 N–H and O–H groups in total. The minimum Gasteiger partial charge on any atom is -0.263 e. The second-order valence-electron chi connectivity index (χ2n) is 4.68. The van der Waals surface area contributed by atoms with Crippen LogP contribution in [-0.4, -0.2) is 34.2 Å². The summed E-state index contributed by atoms with van der Waals surface area (Å²) < 4.78 is 0. The standard InChI is InChI=1S/C12H13ClN2O3S/c1-7(2)5-14-10(16)11(17)15(12(14)18)6-9-8(13)3-4-19-9/h3-4,7H,5-6H2,1-2H3. The lowest BCUT2D eigenvalue weighted by atomic mass is 10.2. The SMILES string of the molecule is CC(C)CN1C(=O)C(=O)N(Cc2sccc2Cl)C1=O. The summed E-state index contributed by atoms with van der Waals surface area (Å²) in [5.74, 6) is -1.42. The van der Waals surface area contributed by atoms with Gasteiger partial charge in [-0.05, 0) is 17.4 Å². The van der Waals surface area contributed by atoms with Crippen LogP contribution in [0.2, 0.25) is 5.02 Å². The summed E-state index contributed by atoms with van der Waals surface area (Å²) in [7, 11) is 0. The Morgan fingerprint density at radius 1 is 1.21 bits per heavy atom. The van der Waals surface area contributed by atoms with Crippen molar-refractivity contribution < 1.29 is 14.4 Å². The Balaban J connectivity index is 2.18. The first-order valence-corrected chi connectivity index (χ1v) is 7.06. The number of hydrogen-bond donors (Lipinski definition) is 0. The Labute approximate surface area is 119 Å². The summed E-state index contributed by atoms with van der Waals surface area (Å²) >= 11 is 7.28. The molecule has 0 bridgehead atoms. The van der Waals surface area contributed by atoms with E-state index in [9.17, 15) is 14.4 Å². The van der Waals surface area contributed by atoms with E-state index in [0.29, 0.717) is 9.90 Å². The van der Waals surface area contributed by atoms with Gasteiger partial charge in [0.15, 0.2) is 0 Å². The van der Waals surface area contributed by atoms with Crippen molar-refractivity contribution in [3.8, 4) is 0 Å². The molecule has 4 amide bonds. The third kappa shape index (κ3) is 2.64. The first-order valence-electron chi connectivity index (χ1n) is 5.81. The normalized spacial score (nSPS) is 16.1. The van der Waals surface area contributed by atoms with E-state index in [0.717, 1.165) is 9.80 Å². The lowest BCUT2D eigenvalue weighted by Crippen LogP contribution is -2.35. The van der Waals surface area contributed by atoms with Gasteiger partial charge in [0.25, 0.3) is 0 Å². The van der Waals surface area contributed by atoms with E-state index >= 15 is 0 Å². The van der Waals surface area contributed by atoms with E-state index < -0.39 is 17.8 Å². The van der Waals surface area contributed by atoms with Crippen LogP contribution in [0.1, 0.15) is 18.7 Å². The van der Waals surface area contributed by atoms with Crippen LogP contribution in [-0.2, 0) is 16.1 Å². The lowest BCUT2D eigenvalue weighted by molar-refractivity contribution is -0.143. The van der Waals surface area contributed by atoms with Crippen molar-refractivity contribution >= 4 is 40.8 Å². The third-order valence-corrected chi connectivity index (χ3v) is 4.05. The Bertz CT molecular complexity index is 541. The second kappa shape index (κ2) is 5.30. The van der Waals surface area contributed by atoms with Gasteiger partial charge in [0.05, 0.1) is 11.6 Å². The molecule has 7 heteroatoms. The molecule has 0 unspecified atom stereocenters. The van der Waals surface area contributed by atoms with Crippen LogP contribution in [0.3, 0.4) is 0 Å². The molecule has 2 heterocycles. The Morgan fingerprint density at radius 2 is 1.84 bits per heavy atom. The van der Waals surface area contributed by atoms with Crippen molar-refractivity contribution in [1.29, 1.82) is 0 Å². The van der Waals surface area contributed by atoms with Crippen molar-refractivity contribution in [2.75, 3.05) is 6.54 Å². The third-order valence-electron chi connectivity index (χ3n) is 2.68. The Hall–Kier alpha value is -1.40. The summed E-state index contributed by atoms with van der Waals surface area (Å²) in [6.45, 7) is 4.06. The van der Waals surface area contributed by atoms with E-state index in [4.69, 9.17) is 11.6 Å². The van der Waals surface area contributed by atoms with Gasteiger partial charge in [0.1, 0.15) is 0 Å². The van der Waals surface area contributed by atoms with Crippen molar-refractivity contribution in [2.24, 2.45) is 5.92 Å². The molecule has 1 fully saturated rings. The Kier molecular flexibility index (Phi) is 3.91. The average Bonchev–Trinajstić information content (AvgIpc) is 2.82. The molecule has 0 saturated carbocycles. The molecule has 0 radical (unpaired) electrons. The zero-order chi connectivity index (χ0) is 14.2. The van der Waals surface area contributed by atoms with E-state index in [1.165, 1.54) is 11.3 Å².